The number of hydrogen-bond donors (Lipinski definition) is 1. The first-order valence-electron chi connectivity index (χ1n) is 7.46. The van der Waals surface area contributed by atoms with Gasteiger partial charge in [-0.3, -0.25) is 0 Å². The number of para-hydroxylation sites is 1. The van der Waals surface area contributed by atoms with Crippen LogP contribution in [-0.4, -0.2) is 43.2 Å². The van der Waals surface area contributed by atoms with E-state index in [0.29, 0.717) is 11.6 Å². The summed E-state index contributed by atoms with van der Waals surface area (Å²) in [6, 6.07) is 8.80. The third kappa shape index (κ3) is 2.66. The third-order valence-corrected chi connectivity index (χ3v) is 4.51. The van der Waals surface area contributed by atoms with Gasteiger partial charge in [-0.05, 0) is 44.4 Å². The summed E-state index contributed by atoms with van der Waals surface area (Å²) in [6.45, 7) is 2.43. The predicted molar refractivity (Wildman–Crippen MR) is 79.0 cm³/mol. The van der Waals surface area contributed by atoms with Crippen LogP contribution < -0.4 is 5.32 Å². The number of methoxy groups -OCH3 is 1. The molecule has 0 amide bonds. The molecule has 2 saturated heterocycles. The number of carbonyl (C=O) groups excluding carboxylic acids is 1. The summed E-state index contributed by atoms with van der Waals surface area (Å²) in [5.41, 5.74) is 1.53. The lowest BCUT2D eigenvalue weighted by molar-refractivity contribution is 0.0601. The Labute approximate surface area is 120 Å². The minimum atomic E-state index is -0.272. The zero-order chi connectivity index (χ0) is 13.9. The summed E-state index contributed by atoms with van der Waals surface area (Å²) in [5, 5.41) is 3.55. The molecule has 0 aromatic heterocycles. The summed E-state index contributed by atoms with van der Waals surface area (Å²) < 4.78 is 4.85. The van der Waals surface area contributed by atoms with Crippen molar-refractivity contribution in [2.75, 3.05) is 25.5 Å². The molecule has 20 heavy (non-hydrogen) atoms. The molecular weight excluding hydrogens is 252 g/mol. The second kappa shape index (κ2) is 5.83. The molecule has 108 valence electrons. The van der Waals surface area contributed by atoms with Gasteiger partial charge in [0.25, 0.3) is 0 Å². The normalized spacial score (nSPS) is 26.1. The monoisotopic (exact) mass is 274 g/mol. The van der Waals surface area contributed by atoms with E-state index < -0.39 is 0 Å². The van der Waals surface area contributed by atoms with E-state index in [1.165, 1.54) is 39.5 Å². The molecule has 1 N–H and O–H groups in total. The number of esters is 1. The van der Waals surface area contributed by atoms with Crippen molar-refractivity contribution in [2.24, 2.45) is 0 Å². The lowest BCUT2D eigenvalue weighted by atomic mass is 9.97. The first kappa shape index (κ1) is 13.4. The van der Waals surface area contributed by atoms with Crippen LogP contribution in [-0.2, 0) is 4.74 Å². The first-order chi connectivity index (χ1) is 9.78. The minimum Gasteiger partial charge on any atom is -0.465 e. The van der Waals surface area contributed by atoms with Crippen molar-refractivity contribution in [3.63, 3.8) is 0 Å². The molecule has 1 aromatic carbocycles. The quantitative estimate of drug-likeness (QED) is 0.860. The summed E-state index contributed by atoms with van der Waals surface area (Å²) in [5.74, 6) is -0.272. The first-order valence-corrected chi connectivity index (χ1v) is 7.46. The molecular formula is C16H22N2O2. The van der Waals surface area contributed by atoms with Gasteiger partial charge in [-0.1, -0.05) is 12.1 Å². The van der Waals surface area contributed by atoms with Crippen molar-refractivity contribution in [1.29, 1.82) is 0 Å². The molecule has 2 atom stereocenters. The molecule has 0 saturated carbocycles. The maximum atomic E-state index is 11.8. The van der Waals surface area contributed by atoms with Crippen LogP contribution in [0.1, 0.15) is 36.0 Å². The minimum absolute atomic E-state index is 0.272. The second-order valence-corrected chi connectivity index (χ2v) is 5.73. The topological polar surface area (TPSA) is 41.6 Å². The van der Waals surface area contributed by atoms with Gasteiger partial charge in [0.2, 0.25) is 0 Å². The number of rotatable bonds is 3. The molecule has 4 nitrogen and oxygen atoms in total. The number of anilines is 1. The Morgan fingerprint density at radius 3 is 3.00 bits per heavy atom. The number of fused-ring (bicyclic) bond motifs is 1. The van der Waals surface area contributed by atoms with Crippen molar-refractivity contribution in [3.8, 4) is 0 Å². The molecule has 2 fully saturated rings. The Balaban J connectivity index is 1.70. The van der Waals surface area contributed by atoms with Gasteiger partial charge in [0, 0.05) is 24.3 Å². The van der Waals surface area contributed by atoms with Crippen molar-refractivity contribution in [2.45, 2.75) is 37.8 Å². The number of carbonyl (C=O) groups is 1. The van der Waals surface area contributed by atoms with Gasteiger partial charge in [0.05, 0.1) is 12.7 Å². The molecule has 0 aliphatic carbocycles. The fraction of sp³-hybridized carbons (Fsp3) is 0.562. The van der Waals surface area contributed by atoms with E-state index >= 15 is 0 Å². The zero-order valence-corrected chi connectivity index (χ0v) is 12.0. The summed E-state index contributed by atoms with van der Waals surface area (Å²) in [7, 11) is 1.43. The van der Waals surface area contributed by atoms with Gasteiger partial charge in [-0.25, -0.2) is 4.79 Å². The average Bonchev–Trinajstić information content (AvgIpc) is 2.94. The molecule has 4 heteroatoms. The Hall–Kier alpha value is -1.55. The molecule has 2 heterocycles. The van der Waals surface area contributed by atoms with Gasteiger partial charge in [0.15, 0.2) is 0 Å². The van der Waals surface area contributed by atoms with E-state index in [4.69, 9.17) is 4.74 Å². The largest absolute Gasteiger partial charge is 0.465 e. The zero-order valence-electron chi connectivity index (χ0n) is 12.0. The average molecular weight is 274 g/mol. The maximum absolute atomic E-state index is 11.8. The number of nitrogens with zero attached hydrogens (tertiary/aromatic N) is 1. The van der Waals surface area contributed by atoms with Crippen LogP contribution in [0.4, 0.5) is 5.69 Å². The van der Waals surface area contributed by atoms with Crippen LogP contribution >= 0.6 is 0 Å². The van der Waals surface area contributed by atoms with Gasteiger partial charge in [0.1, 0.15) is 0 Å². The molecule has 1 aromatic rings. The van der Waals surface area contributed by atoms with Crippen molar-refractivity contribution in [3.05, 3.63) is 29.8 Å². The molecule has 2 aliphatic heterocycles. The number of ether oxygens (including phenoxy) is 1. The Morgan fingerprint density at radius 2 is 2.15 bits per heavy atom. The van der Waals surface area contributed by atoms with Crippen LogP contribution in [0.15, 0.2) is 24.3 Å². The van der Waals surface area contributed by atoms with Crippen LogP contribution in [0.5, 0.6) is 0 Å². The molecule has 2 aliphatic rings. The highest BCUT2D eigenvalue weighted by Gasteiger charge is 2.31. The number of benzene rings is 1. The van der Waals surface area contributed by atoms with Gasteiger partial charge in [-0.15, -0.1) is 0 Å². The van der Waals surface area contributed by atoms with Crippen LogP contribution in [0.3, 0.4) is 0 Å². The molecule has 0 bridgehead atoms. The fourth-order valence-electron chi connectivity index (χ4n) is 3.47. The van der Waals surface area contributed by atoms with Gasteiger partial charge in [-0.2, -0.15) is 0 Å². The standard InChI is InChI=1S/C16H22N2O2/c1-20-16(19)14-6-2-3-7-15(14)17-12-8-10-18-9-4-5-13(18)11-12/h2-3,6-7,12-13,17H,4-5,8-11H2,1H3. The van der Waals surface area contributed by atoms with E-state index in [1.807, 2.05) is 24.3 Å². The van der Waals surface area contributed by atoms with Crippen LogP contribution in [0.25, 0.3) is 0 Å². The second-order valence-electron chi connectivity index (χ2n) is 5.73. The predicted octanol–water partition coefficient (Wildman–Crippen LogP) is 2.51. The Morgan fingerprint density at radius 1 is 1.30 bits per heavy atom. The van der Waals surface area contributed by atoms with Crippen LogP contribution in [0, 0.1) is 0 Å². The molecule has 3 rings (SSSR count). The van der Waals surface area contributed by atoms with E-state index in [1.54, 1.807) is 0 Å². The van der Waals surface area contributed by atoms with Gasteiger partial charge >= 0.3 is 5.97 Å². The summed E-state index contributed by atoms with van der Waals surface area (Å²) >= 11 is 0. The highest BCUT2D eigenvalue weighted by Crippen LogP contribution is 2.29. The number of piperidine rings is 1. The van der Waals surface area contributed by atoms with E-state index in [0.717, 1.165) is 18.2 Å². The molecule has 2 unspecified atom stereocenters. The highest BCUT2D eigenvalue weighted by molar-refractivity contribution is 5.95. The maximum Gasteiger partial charge on any atom is 0.339 e. The van der Waals surface area contributed by atoms with Crippen molar-refractivity contribution < 1.29 is 9.53 Å². The Bertz CT molecular complexity index is 489. The number of hydrogen-bond acceptors (Lipinski definition) is 4. The van der Waals surface area contributed by atoms with Crippen LogP contribution in [0.2, 0.25) is 0 Å². The summed E-state index contributed by atoms with van der Waals surface area (Å²) in [4.78, 5) is 14.4. The van der Waals surface area contributed by atoms with Crippen molar-refractivity contribution >= 4 is 11.7 Å². The van der Waals surface area contributed by atoms with Crippen molar-refractivity contribution in [1.82, 2.24) is 4.90 Å². The molecule has 0 spiro atoms. The lowest BCUT2D eigenvalue weighted by Crippen LogP contribution is -2.42. The van der Waals surface area contributed by atoms with E-state index in [2.05, 4.69) is 10.2 Å². The smallest absolute Gasteiger partial charge is 0.339 e. The number of nitrogens with one attached hydrogen (secondary N) is 1. The Kier molecular flexibility index (Phi) is 3.92. The van der Waals surface area contributed by atoms with E-state index in [-0.39, 0.29) is 5.97 Å². The highest BCUT2D eigenvalue weighted by atomic mass is 16.5. The van der Waals surface area contributed by atoms with E-state index in [9.17, 15) is 4.79 Å². The third-order valence-electron chi connectivity index (χ3n) is 4.51. The SMILES string of the molecule is COC(=O)c1ccccc1NC1CCN2CCCC2C1. The lowest BCUT2D eigenvalue weighted by Gasteiger charge is -2.35. The van der Waals surface area contributed by atoms with Gasteiger partial charge < -0.3 is 15.0 Å². The fourth-order valence-corrected chi connectivity index (χ4v) is 3.47. The summed E-state index contributed by atoms with van der Waals surface area (Å²) in [6.07, 6.45) is 4.97. The molecule has 0 radical (unpaired) electrons.